The van der Waals surface area contributed by atoms with Crippen molar-refractivity contribution in [1.82, 2.24) is 0 Å². The van der Waals surface area contributed by atoms with Gasteiger partial charge in [0.25, 0.3) is 0 Å². The summed E-state index contributed by atoms with van der Waals surface area (Å²) in [6, 6.07) is 6.52. The third-order valence-corrected chi connectivity index (χ3v) is 5.89. The van der Waals surface area contributed by atoms with Gasteiger partial charge in [0.15, 0.2) is 0 Å². The van der Waals surface area contributed by atoms with E-state index < -0.39 is 21.2 Å². The number of benzene rings is 1. The average molecular weight is 313 g/mol. The summed E-state index contributed by atoms with van der Waals surface area (Å²) in [7, 11) is -0.799. The first-order valence-corrected chi connectivity index (χ1v) is 8.21. The highest BCUT2D eigenvalue weighted by atomic mass is 32.2. The van der Waals surface area contributed by atoms with Crippen molar-refractivity contribution in [3.8, 4) is 0 Å². The minimum Gasteiger partial charge on any atom is -0.465 e. The van der Waals surface area contributed by atoms with Crippen molar-refractivity contribution in [1.29, 1.82) is 0 Å². The smallest absolute Gasteiger partial charge is 0.340 e. The summed E-state index contributed by atoms with van der Waals surface area (Å²) in [4.78, 5) is 11.8. The van der Waals surface area contributed by atoms with Crippen molar-refractivity contribution >= 4 is 21.7 Å². The van der Waals surface area contributed by atoms with E-state index in [1.165, 1.54) is 18.5 Å². The fourth-order valence-electron chi connectivity index (χ4n) is 2.37. The van der Waals surface area contributed by atoms with Crippen LogP contribution in [-0.2, 0) is 19.5 Å². The lowest BCUT2D eigenvalue weighted by Crippen LogP contribution is -2.40. The van der Waals surface area contributed by atoms with E-state index in [2.05, 4.69) is 0 Å². The minimum atomic E-state index is -3.53. The Bertz CT molecular complexity index is 608. The average Bonchev–Trinajstić information content (AvgIpc) is 2.54. The number of nitrogens with zero attached hydrogens (tertiary/aromatic N) is 1. The Labute approximate surface area is 124 Å². The fraction of sp³-hybridized carbons (Fsp3) is 0.500. The number of ether oxygens (including phenoxy) is 2. The van der Waals surface area contributed by atoms with Crippen LogP contribution in [0, 0.1) is 0 Å². The normalized spacial score (nSPS) is 16.5. The molecule has 0 atom stereocenters. The van der Waals surface area contributed by atoms with Gasteiger partial charge in [-0.25, -0.2) is 13.2 Å². The first-order chi connectivity index (χ1) is 9.98. The van der Waals surface area contributed by atoms with Crippen LogP contribution in [0.5, 0.6) is 0 Å². The van der Waals surface area contributed by atoms with Gasteiger partial charge in [0, 0.05) is 20.3 Å². The van der Waals surface area contributed by atoms with Crippen molar-refractivity contribution < 1.29 is 22.7 Å². The highest BCUT2D eigenvalue weighted by molar-refractivity contribution is 7.93. The summed E-state index contributed by atoms with van der Waals surface area (Å²) < 4.78 is 36.4. The van der Waals surface area contributed by atoms with E-state index in [1.807, 2.05) is 0 Å². The molecular formula is C14H19NO5S. The maximum absolute atomic E-state index is 12.7. The first-order valence-electron chi connectivity index (χ1n) is 6.71. The second kappa shape index (κ2) is 6.44. The first kappa shape index (κ1) is 15.8. The Hall–Kier alpha value is -1.60. The Morgan fingerprint density at radius 3 is 2.52 bits per heavy atom. The standard InChI is InChI=1S/C14H19NO5S/c1-15(21(17,18)11-7-9-20-10-8-11)13-6-4-3-5-12(13)14(16)19-2/h3-6,11H,7-10H2,1-2H3. The van der Waals surface area contributed by atoms with Crippen LogP contribution in [0.15, 0.2) is 24.3 Å². The lowest BCUT2D eigenvalue weighted by molar-refractivity contribution is 0.0601. The molecule has 0 bridgehead atoms. The summed E-state index contributed by atoms with van der Waals surface area (Å²) in [5.74, 6) is -0.556. The van der Waals surface area contributed by atoms with Gasteiger partial charge in [-0.3, -0.25) is 4.31 Å². The van der Waals surface area contributed by atoms with E-state index in [4.69, 9.17) is 9.47 Å². The molecule has 0 aliphatic carbocycles. The molecule has 1 aromatic rings. The number of esters is 1. The van der Waals surface area contributed by atoms with Gasteiger partial charge in [0.1, 0.15) is 0 Å². The van der Waals surface area contributed by atoms with E-state index in [0.29, 0.717) is 31.7 Å². The molecule has 21 heavy (non-hydrogen) atoms. The predicted molar refractivity (Wildman–Crippen MR) is 78.9 cm³/mol. The van der Waals surface area contributed by atoms with Crippen LogP contribution >= 0.6 is 0 Å². The van der Waals surface area contributed by atoms with Crippen LogP contribution in [0.4, 0.5) is 5.69 Å². The monoisotopic (exact) mass is 313 g/mol. The van der Waals surface area contributed by atoms with Crippen molar-refractivity contribution in [2.45, 2.75) is 18.1 Å². The zero-order valence-corrected chi connectivity index (χ0v) is 12.9. The molecule has 0 aromatic heterocycles. The Morgan fingerprint density at radius 2 is 1.90 bits per heavy atom. The van der Waals surface area contributed by atoms with E-state index >= 15 is 0 Å². The van der Waals surface area contributed by atoms with E-state index in [1.54, 1.807) is 24.3 Å². The predicted octanol–water partition coefficient (Wildman–Crippen LogP) is 1.42. The van der Waals surface area contributed by atoms with Crippen LogP contribution < -0.4 is 4.31 Å². The van der Waals surface area contributed by atoms with E-state index in [-0.39, 0.29) is 5.56 Å². The van der Waals surface area contributed by atoms with Gasteiger partial charge in [-0.05, 0) is 25.0 Å². The third-order valence-electron chi connectivity index (χ3n) is 3.62. The fourth-order valence-corrected chi connectivity index (χ4v) is 4.03. The van der Waals surface area contributed by atoms with Gasteiger partial charge in [-0.1, -0.05) is 12.1 Å². The van der Waals surface area contributed by atoms with Crippen molar-refractivity contribution in [3.05, 3.63) is 29.8 Å². The molecule has 1 heterocycles. The summed E-state index contributed by atoms with van der Waals surface area (Å²) in [6.07, 6.45) is 0.931. The molecule has 1 aromatic carbocycles. The van der Waals surface area contributed by atoms with Crippen molar-refractivity contribution in [2.75, 3.05) is 31.7 Å². The zero-order chi connectivity index (χ0) is 15.5. The topological polar surface area (TPSA) is 72.9 Å². The number of rotatable bonds is 4. The Balaban J connectivity index is 2.35. The molecule has 0 unspecified atom stereocenters. The molecule has 1 aliphatic rings. The SMILES string of the molecule is COC(=O)c1ccccc1N(C)S(=O)(=O)C1CCOCC1. The molecule has 0 saturated carbocycles. The molecule has 0 spiro atoms. The third kappa shape index (κ3) is 3.19. The summed E-state index contributed by atoms with van der Waals surface area (Å²) >= 11 is 0. The maximum Gasteiger partial charge on any atom is 0.340 e. The van der Waals surface area contributed by atoms with E-state index in [9.17, 15) is 13.2 Å². The number of carbonyl (C=O) groups excluding carboxylic acids is 1. The van der Waals surface area contributed by atoms with Gasteiger partial charge in [-0.15, -0.1) is 0 Å². The molecule has 6 nitrogen and oxygen atoms in total. The molecule has 7 heteroatoms. The van der Waals surface area contributed by atoms with Gasteiger partial charge in [0.05, 0.1) is 23.6 Å². The van der Waals surface area contributed by atoms with Gasteiger partial charge < -0.3 is 9.47 Å². The Kier molecular flexibility index (Phi) is 4.84. The lowest BCUT2D eigenvalue weighted by Gasteiger charge is -2.29. The van der Waals surface area contributed by atoms with Gasteiger partial charge in [0.2, 0.25) is 10.0 Å². The Morgan fingerprint density at radius 1 is 1.29 bits per heavy atom. The van der Waals surface area contributed by atoms with Crippen molar-refractivity contribution in [3.63, 3.8) is 0 Å². The molecule has 0 radical (unpaired) electrons. The lowest BCUT2D eigenvalue weighted by atomic mass is 10.2. The zero-order valence-electron chi connectivity index (χ0n) is 12.1. The summed E-state index contributed by atoms with van der Waals surface area (Å²) in [6.45, 7) is 0.882. The molecule has 2 rings (SSSR count). The quantitative estimate of drug-likeness (QED) is 0.786. The molecule has 1 aliphatic heterocycles. The highest BCUT2D eigenvalue weighted by Gasteiger charge is 2.33. The number of para-hydroxylation sites is 1. The number of carbonyl (C=O) groups is 1. The highest BCUT2D eigenvalue weighted by Crippen LogP contribution is 2.27. The second-order valence-electron chi connectivity index (χ2n) is 4.83. The maximum atomic E-state index is 12.7. The second-order valence-corrected chi connectivity index (χ2v) is 7.08. The van der Waals surface area contributed by atoms with Crippen LogP contribution in [0.2, 0.25) is 0 Å². The molecule has 0 N–H and O–H groups in total. The minimum absolute atomic E-state index is 0.234. The largest absolute Gasteiger partial charge is 0.465 e. The number of methoxy groups -OCH3 is 1. The van der Waals surface area contributed by atoms with Crippen LogP contribution in [0.3, 0.4) is 0 Å². The number of hydrogen-bond acceptors (Lipinski definition) is 5. The molecular weight excluding hydrogens is 294 g/mol. The molecule has 1 fully saturated rings. The molecule has 116 valence electrons. The summed E-state index contributed by atoms with van der Waals surface area (Å²) in [5, 5.41) is -0.484. The molecule has 1 saturated heterocycles. The van der Waals surface area contributed by atoms with Crippen LogP contribution in [0.25, 0.3) is 0 Å². The van der Waals surface area contributed by atoms with E-state index in [0.717, 1.165) is 0 Å². The molecule has 0 amide bonds. The number of hydrogen-bond donors (Lipinski definition) is 0. The van der Waals surface area contributed by atoms with Gasteiger partial charge >= 0.3 is 5.97 Å². The number of anilines is 1. The van der Waals surface area contributed by atoms with Crippen LogP contribution in [0.1, 0.15) is 23.2 Å². The van der Waals surface area contributed by atoms with Crippen LogP contribution in [-0.4, -0.2) is 47.0 Å². The number of sulfonamides is 1. The summed E-state index contributed by atoms with van der Waals surface area (Å²) in [5.41, 5.74) is 0.564. The van der Waals surface area contributed by atoms with Crippen molar-refractivity contribution in [2.24, 2.45) is 0 Å². The van der Waals surface area contributed by atoms with Gasteiger partial charge in [-0.2, -0.15) is 0 Å².